The molecule has 0 saturated heterocycles. The highest BCUT2D eigenvalue weighted by Crippen LogP contribution is 2.21. The zero-order chi connectivity index (χ0) is 17.5. The van der Waals surface area contributed by atoms with Gasteiger partial charge in [-0.1, -0.05) is 48.0 Å². The zero-order valence-corrected chi connectivity index (χ0v) is 13.7. The van der Waals surface area contributed by atoms with Crippen molar-refractivity contribution in [2.45, 2.75) is 6.42 Å². The molecule has 0 saturated carbocycles. The second kappa shape index (κ2) is 8.21. The lowest BCUT2D eigenvalue weighted by Crippen LogP contribution is -2.31. The fourth-order valence-electron chi connectivity index (χ4n) is 1.92. The fraction of sp³-hybridized carbons (Fsp3) is 0.118. The topological polar surface area (TPSA) is 79.8 Å². The van der Waals surface area contributed by atoms with E-state index in [-0.39, 0.29) is 16.5 Å². The molecule has 0 unspecified atom stereocenters. The number of amidine groups is 2. The number of hydrogen-bond donors (Lipinski definition) is 2. The maximum absolute atomic E-state index is 13.8. The van der Waals surface area contributed by atoms with Crippen LogP contribution in [0.25, 0.3) is 0 Å². The van der Waals surface area contributed by atoms with Crippen molar-refractivity contribution < 1.29 is 9.18 Å². The number of hydrogen-bond acceptors (Lipinski definition) is 2. The summed E-state index contributed by atoms with van der Waals surface area (Å²) in [7, 11) is 1.56. The van der Waals surface area contributed by atoms with Gasteiger partial charge in [0.15, 0.2) is 11.7 Å². The van der Waals surface area contributed by atoms with Crippen molar-refractivity contribution in [2.24, 2.45) is 15.7 Å². The Bertz CT molecular complexity index is 790. The first-order valence-electron chi connectivity index (χ1n) is 7.10. The number of halogens is 2. The molecule has 0 heterocycles. The van der Waals surface area contributed by atoms with E-state index in [1.54, 1.807) is 7.05 Å². The SMILES string of the molecule is CN=C(Cc1ccccc1)N=C(N)C(=O)Nc1cccc(Cl)c1F. The van der Waals surface area contributed by atoms with Gasteiger partial charge in [0.1, 0.15) is 5.84 Å². The summed E-state index contributed by atoms with van der Waals surface area (Å²) in [5, 5.41) is 2.24. The predicted molar refractivity (Wildman–Crippen MR) is 95.2 cm³/mol. The average Bonchev–Trinajstić information content (AvgIpc) is 2.59. The van der Waals surface area contributed by atoms with Crippen LogP contribution in [0.15, 0.2) is 58.5 Å². The molecular formula is C17H16ClFN4O. The number of nitrogens with zero attached hydrogens (tertiary/aromatic N) is 2. The van der Waals surface area contributed by atoms with Crippen LogP contribution in [0.3, 0.4) is 0 Å². The van der Waals surface area contributed by atoms with Gasteiger partial charge in [-0.05, 0) is 17.7 Å². The van der Waals surface area contributed by atoms with Crippen molar-refractivity contribution in [1.29, 1.82) is 0 Å². The molecule has 0 bridgehead atoms. The summed E-state index contributed by atoms with van der Waals surface area (Å²) in [4.78, 5) is 20.1. The summed E-state index contributed by atoms with van der Waals surface area (Å²) < 4.78 is 13.8. The summed E-state index contributed by atoms with van der Waals surface area (Å²) in [6, 6.07) is 13.8. The van der Waals surface area contributed by atoms with Gasteiger partial charge in [-0.3, -0.25) is 9.79 Å². The highest BCUT2D eigenvalue weighted by molar-refractivity contribution is 6.43. The summed E-state index contributed by atoms with van der Waals surface area (Å²) in [5.41, 5.74) is 6.60. The first-order valence-corrected chi connectivity index (χ1v) is 7.48. The number of anilines is 1. The largest absolute Gasteiger partial charge is 0.379 e. The van der Waals surface area contributed by atoms with E-state index in [1.807, 2.05) is 30.3 Å². The van der Waals surface area contributed by atoms with E-state index in [0.29, 0.717) is 12.3 Å². The van der Waals surface area contributed by atoms with Crippen LogP contribution in [-0.4, -0.2) is 24.6 Å². The van der Waals surface area contributed by atoms with Gasteiger partial charge < -0.3 is 11.1 Å². The smallest absolute Gasteiger partial charge is 0.291 e. The lowest BCUT2D eigenvalue weighted by atomic mass is 10.1. The number of carbonyl (C=O) groups excluding carboxylic acids is 1. The zero-order valence-electron chi connectivity index (χ0n) is 13.0. The Labute approximate surface area is 144 Å². The van der Waals surface area contributed by atoms with Crippen LogP contribution < -0.4 is 11.1 Å². The van der Waals surface area contributed by atoms with Gasteiger partial charge in [-0.25, -0.2) is 9.38 Å². The molecule has 0 spiro atoms. The molecule has 7 heteroatoms. The molecule has 0 aromatic heterocycles. The molecule has 2 aromatic carbocycles. The Morgan fingerprint density at radius 1 is 1.21 bits per heavy atom. The molecule has 5 nitrogen and oxygen atoms in total. The Hall–Kier alpha value is -2.73. The fourth-order valence-corrected chi connectivity index (χ4v) is 2.10. The molecule has 0 aliphatic carbocycles. The van der Waals surface area contributed by atoms with Gasteiger partial charge in [0.2, 0.25) is 0 Å². The van der Waals surface area contributed by atoms with E-state index in [4.69, 9.17) is 17.3 Å². The summed E-state index contributed by atoms with van der Waals surface area (Å²) >= 11 is 5.67. The standard InChI is InChI=1S/C17H16ClFN4O/c1-21-14(10-11-6-3-2-4-7-11)23-16(20)17(24)22-13-9-5-8-12(18)15(13)19/h2-9H,10H2,1H3,(H,22,24)(H2,20,21,23). The molecule has 3 N–H and O–H groups in total. The average molecular weight is 347 g/mol. The Balaban J connectivity index is 2.11. The highest BCUT2D eigenvalue weighted by atomic mass is 35.5. The van der Waals surface area contributed by atoms with Crippen LogP contribution in [0, 0.1) is 5.82 Å². The molecule has 24 heavy (non-hydrogen) atoms. The molecule has 0 aliphatic rings. The van der Waals surface area contributed by atoms with Crippen LogP contribution in [0.2, 0.25) is 5.02 Å². The third-order valence-corrected chi connectivity index (χ3v) is 3.44. The van der Waals surface area contributed by atoms with Crippen molar-refractivity contribution in [2.75, 3.05) is 12.4 Å². The van der Waals surface area contributed by atoms with Crippen LogP contribution in [0.1, 0.15) is 5.56 Å². The first kappa shape index (κ1) is 17.6. The van der Waals surface area contributed by atoms with E-state index in [2.05, 4.69) is 15.3 Å². The summed E-state index contributed by atoms with van der Waals surface area (Å²) in [6.07, 6.45) is 0.427. The minimum absolute atomic E-state index is 0.0660. The van der Waals surface area contributed by atoms with Crippen LogP contribution >= 0.6 is 11.6 Å². The van der Waals surface area contributed by atoms with Crippen LogP contribution in [-0.2, 0) is 11.2 Å². The lowest BCUT2D eigenvalue weighted by molar-refractivity contribution is -0.110. The van der Waals surface area contributed by atoms with Crippen molar-refractivity contribution in [3.05, 3.63) is 64.9 Å². The van der Waals surface area contributed by atoms with Gasteiger partial charge in [-0.15, -0.1) is 0 Å². The first-order chi connectivity index (χ1) is 11.5. The Morgan fingerprint density at radius 2 is 1.92 bits per heavy atom. The van der Waals surface area contributed by atoms with Crippen molar-refractivity contribution in [3.8, 4) is 0 Å². The molecule has 2 aromatic rings. The minimum atomic E-state index is -0.731. The number of benzene rings is 2. The molecule has 1 amide bonds. The van der Waals surface area contributed by atoms with Gasteiger partial charge >= 0.3 is 0 Å². The van der Waals surface area contributed by atoms with Crippen LogP contribution in [0.5, 0.6) is 0 Å². The predicted octanol–water partition coefficient (Wildman–Crippen LogP) is 3.05. The van der Waals surface area contributed by atoms with Gasteiger partial charge in [0.25, 0.3) is 5.91 Å². The highest BCUT2D eigenvalue weighted by Gasteiger charge is 2.13. The molecular weight excluding hydrogens is 331 g/mol. The maximum atomic E-state index is 13.8. The molecule has 0 fully saturated rings. The van der Waals surface area contributed by atoms with Crippen molar-refractivity contribution in [3.63, 3.8) is 0 Å². The minimum Gasteiger partial charge on any atom is -0.379 e. The number of rotatable bonds is 3. The summed E-state index contributed by atoms with van der Waals surface area (Å²) in [6.45, 7) is 0. The second-order valence-electron chi connectivity index (χ2n) is 4.85. The van der Waals surface area contributed by atoms with Gasteiger partial charge in [0, 0.05) is 13.5 Å². The van der Waals surface area contributed by atoms with E-state index in [0.717, 1.165) is 5.56 Å². The van der Waals surface area contributed by atoms with E-state index < -0.39 is 11.7 Å². The van der Waals surface area contributed by atoms with E-state index >= 15 is 0 Å². The normalized spacial score (nSPS) is 12.1. The molecule has 0 aliphatic heterocycles. The third kappa shape index (κ3) is 4.63. The number of aliphatic imine (C=N–C) groups is 2. The number of carbonyl (C=O) groups is 1. The van der Waals surface area contributed by atoms with Crippen molar-refractivity contribution >= 4 is 34.9 Å². The third-order valence-electron chi connectivity index (χ3n) is 3.15. The monoisotopic (exact) mass is 346 g/mol. The molecule has 2 rings (SSSR count). The number of nitrogens with two attached hydrogens (primary N) is 1. The number of nitrogens with one attached hydrogen (secondary N) is 1. The lowest BCUT2D eigenvalue weighted by Gasteiger charge is -2.07. The van der Waals surface area contributed by atoms with Gasteiger partial charge in [0.05, 0.1) is 10.7 Å². The molecule has 0 atom stereocenters. The quantitative estimate of drug-likeness (QED) is 0.661. The van der Waals surface area contributed by atoms with Crippen molar-refractivity contribution in [1.82, 2.24) is 0 Å². The molecule has 124 valence electrons. The van der Waals surface area contributed by atoms with Crippen LogP contribution in [0.4, 0.5) is 10.1 Å². The Kier molecular flexibility index (Phi) is 6.03. The molecule has 0 radical (unpaired) electrons. The number of amides is 1. The second-order valence-corrected chi connectivity index (χ2v) is 5.26. The van der Waals surface area contributed by atoms with E-state index in [9.17, 15) is 9.18 Å². The van der Waals surface area contributed by atoms with E-state index in [1.165, 1.54) is 18.2 Å². The Morgan fingerprint density at radius 3 is 2.58 bits per heavy atom. The summed E-state index contributed by atoms with van der Waals surface area (Å²) in [5.74, 6) is -1.38. The maximum Gasteiger partial charge on any atom is 0.291 e. The van der Waals surface area contributed by atoms with Gasteiger partial charge in [-0.2, -0.15) is 0 Å².